The summed E-state index contributed by atoms with van der Waals surface area (Å²) >= 11 is 0. The van der Waals surface area contributed by atoms with Gasteiger partial charge in [0.1, 0.15) is 0 Å². The molecule has 0 bridgehead atoms. The van der Waals surface area contributed by atoms with Crippen LogP contribution in [0, 0.1) is 0 Å². The van der Waals surface area contributed by atoms with Gasteiger partial charge in [-0.1, -0.05) is 60.7 Å². The van der Waals surface area contributed by atoms with Crippen molar-refractivity contribution in [1.82, 2.24) is 10.0 Å². The Bertz CT molecular complexity index is 660. The van der Waals surface area contributed by atoms with Crippen molar-refractivity contribution in [2.24, 2.45) is 0 Å². The molecule has 150 valence electrons. The van der Waals surface area contributed by atoms with E-state index in [-0.39, 0.29) is 0 Å². The van der Waals surface area contributed by atoms with Crippen molar-refractivity contribution in [3.63, 3.8) is 0 Å². The van der Waals surface area contributed by atoms with Gasteiger partial charge in [0.2, 0.25) is 0 Å². The number of methoxy groups -OCH3 is 2. The van der Waals surface area contributed by atoms with E-state index in [1.807, 2.05) is 14.2 Å². The van der Waals surface area contributed by atoms with Crippen LogP contribution in [0.2, 0.25) is 0 Å². The molecule has 28 heavy (non-hydrogen) atoms. The standard InChI is InChI=1S/C24H32N2O2/c1-27-23-13-15-25(17-21(23)19-9-5-3-6-10-19)26-16-14-24(28-2)22(18-26)20-11-7-4-8-12-20/h3-12,21-24H,13-18H2,1-2H3. The average Bonchev–Trinajstić information content (AvgIpc) is 2.79. The van der Waals surface area contributed by atoms with Crippen LogP contribution in [0.1, 0.15) is 35.8 Å². The van der Waals surface area contributed by atoms with E-state index in [0.717, 1.165) is 39.0 Å². The third-order valence-corrected chi connectivity index (χ3v) is 6.52. The van der Waals surface area contributed by atoms with Crippen molar-refractivity contribution >= 4 is 0 Å². The molecular formula is C24H32N2O2. The molecule has 0 saturated carbocycles. The first kappa shape index (κ1) is 19.6. The summed E-state index contributed by atoms with van der Waals surface area (Å²) in [5.74, 6) is 0.825. The monoisotopic (exact) mass is 380 g/mol. The van der Waals surface area contributed by atoms with Crippen molar-refractivity contribution < 1.29 is 9.47 Å². The molecule has 0 radical (unpaired) electrons. The molecule has 2 aromatic rings. The van der Waals surface area contributed by atoms with Gasteiger partial charge >= 0.3 is 0 Å². The Hall–Kier alpha value is -1.72. The van der Waals surface area contributed by atoms with E-state index in [1.54, 1.807) is 0 Å². The summed E-state index contributed by atoms with van der Waals surface area (Å²) in [6.07, 6.45) is 2.71. The third kappa shape index (κ3) is 4.15. The summed E-state index contributed by atoms with van der Waals surface area (Å²) in [4.78, 5) is 0. The van der Waals surface area contributed by atoms with Crippen molar-refractivity contribution in [2.45, 2.75) is 36.9 Å². The summed E-state index contributed by atoms with van der Waals surface area (Å²) in [6, 6.07) is 21.7. The maximum atomic E-state index is 5.85. The second-order valence-corrected chi connectivity index (χ2v) is 7.99. The molecule has 2 saturated heterocycles. The Morgan fingerprint density at radius 3 is 1.39 bits per heavy atom. The van der Waals surface area contributed by atoms with Gasteiger partial charge in [-0.25, -0.2) is 10.0 Å². The zero-order valence-corrected chi connectivity index (χ0v) is 17.0. The normalized spacial score (nSPS) is 29.6. The van der Waals surface area contributed by atoms with Gasteiger partial charge in [0.25, 0.3) is 0 Å². The predicted molar refractivity (Wildman–Crippen MR) is 112 cm³/mol. The number of benzene rings is 2. The van der Waals surface area contributed by atoms with Gasteiger partial charge in [0.15, 0.2) is 0 Å². The lowest BCUT2D eigenvalue weighted by Gasteiger charge is -2.47. The molecule has 2 aliphatic rings. The fourth-order valence-electron chi connectivity index (χ4n) is 4.95. The van der Waals surface area contributed by atoms with Gasteiger partial charge in [-0.2, -0.15) is 0 Å². The molecule has 2 aliphatic heterocycles. The molecule has 0 aliphatic carbocycles. The first-order chi connectivity index (χ1) is 13.8. The van der Waals surface area contributed by atoms with E-state index in [1.165, 1.54) is 11.1 Å². The minimum Gasteiger partial charge on any atom is -0.381 e. The zero-order valence-electron chi connectivity index (χ0n) is 17.0. The summed E-state index contributed by atoms with van der Waals surface area (Å²) < 4.78 is 11.7. The average molecular weight is 381 g/mol. The predicted octanol–water partition coefficient (Wildman–Crippen LogP) is 3.91. The van der Waals surface area contributed by atoms with Crippen LogP contribution in [0.5, 0.6) is 0 Å². The molecule has 2 heterocycles. The van der Waals surface area contributed by atoms with Crippen molar-refractivity contribution in [3.8, 4) is 0 Å². The van der Waals surface area contributed by atoms with E-state index in [2.05, 4.69) is 70.7 Å². The third-order valence-electron chi connectivity index (χ3n) is 6.52. The van der Waals surface area contributed by atoms with E-state index < -0.39 is 0 Å². The van der Waals surface area contributed by atoms with Crippen LogP contribution in [0.15, 0.2) is 60.7 Å². The van der Waals surface area contributed by atoms with E-state index >= 15 is 0 Å². The minimum absolute atomic E-state index is 0.292. The fourth-order valence-corrected chi connectivity index (χ4v) is 4.95. The molecule has 2 aromatic carbocycles. The second kappa shape index (κ2) is 9.19. The van der Waals surface area contributed by atoms with Crippen molar-refractivity contribution in [1.29, 1.82) is 0 Å². The molecule has 4 atom stereocenters. The van der Waals surface area contributed by atoms with E-state index in [4.69, 9.17) is 9.47 Å². The van der Waals surface area contributed by atoms with Crippen LogP contribution < -0.4 is 0 Å². The van der Waals surface area contributed by atoms with Crippen LogP contribution in [0.3, 0.4) is 0 Å². The smallest absolute Gasteiger partial charge is 0.0665 e. The molecule has 4 nitrogen and oxygen atoms in total. The number of hydrogen-bond donors (Lipinski definition) is 0. The summed E-state index contributed by atoms with van der Waals surface area (Å²) in [7, 11) is 3.71. The molecule has 2 fully saturated rings. The van der Waals surface area contributed by atoms with Crippen LogP contribution in [0.4, 0.5) is 0 Å². The number of ether oxygens (including phenoxy) is 2. The number of piperidine rings is 2. The van der Waals surface area contributed by atoms with Crippen LogP contribution in [0.25, 0.3) is 0 Å². The van der Waals surface area contributed by atoms with Gasteiger partial charge in [0.05, 0.1) is 12.2 Å². The number of rotatable bonds is 5. The Labute approximate surface area is 169 Å². The molecular weight excluding hydrogens is 348 g/mol. The minimum atomic E-state index is 0.292. The lowest BCUT2D eigenvalue weighted by molar-refractivity contribution is -0.113. The molecule has 4 heteroatoms. The SMILES string of the molecule is COC1CCN(N2CCC(OC)C(c3ccccc3)C2)CC1c1ccccc1. The van der Waals surface area contributed by atoms with Crippen LogP contribution in [-0.2, 0) is 9.47 Å². The maximum absolute atomic E-state index is 5.85. The largest absolute Gasteiger partial charge is 0.381 e. The first-order valence-electron chi connectivity index (χ1n) is 10.5. The van der Waals surface area contributed by atoms with Crippen LogP contribution >= 0.6 is 0 Å². The summed E-state index contributed by atoms with van der Waals surface area (Å²) in [5, 5.41) is 5.13. The Morgan fingerprint density at radius 1 is 0.643 bits per heavy atom. The lowest BCUT2D eigenvalue weighted by atomic mass is 9.87. The fraction of sp³-hybridized carbons (Fsp3) is 0.500. The van der Waals surface area contributed by atoms with Crippen LogP contribution in [-0.4, -0.2) is 62.6 Å². The summed E-state index contributed by atoms with van der Waals surface area (Å²) in [6.45, 7) is 4.14. The van der Waals surface area contributed by atoms with Crippen molar-refractivity contribution in [3.05, 3.63) is 71.8 Å². The molecule has 4 rings (SSSR count). The molecule has 4 unspecified atom stereocenters. The Kier molecular flexibility index (Phi) is 6.43. The highest BCUT2D eigenvalue weighted by Crippen LogP contribution is 2.34. The second-order valence-electron chi connectivity index (χ2n) is 7.99. The summed E-state index contributed by atoms with van der Waals surface area (Å²) in [5.41, 5.74) is 2.76. The van der Waals surface area contributed by atoms with E-state index in [0.29, 0.717) is 24.0 Å². The first-order valence-corrected chi connectivity index (χ1v) is 10.5. The number of nitrogens with zero attached hydrogens (tertiary/aromatic N) is 2. The van der Waals surface area contributed by atoms with Gasteiger partial charge in [-0.05, 0) is 24.0 Å². The maximum Gasteiger partial charge on any atom is 0.0665 e. The van der Waals surface area contributed by atoms with Gasteiger partial charge < -0.3 is 9.47 Å². The molecule has 0 N–H and O–H groups in total. The number of hydrogen-bond acceptors (Lipinski definition) is 4. The highest BCUT2D eigenvalue weighted by atomic mass is 16.5. The quantitative estimate of drug-likeness (QED) is 0.785. The molecule has 0 spiro atoms. The van der Waals surface area contributed by atoms with Crippen molar-refractivity contribution in [2.75, 3.05) is 40.4 Å². The highest BCUT2D eigenvalue weighted by molar-refractivity contribution is 5.23. The highest BCUT2D eigenvalue weighted by Gasteiger charge is 2.37. The van der Waals surface area contributed by atoms with Gasteiger partial charge in [-0.15, -0.1) is 0 Å². The zero-order chi connectivity index (χ0) is 19.3. The topological polar surface area (TPSA) is 24.9 Å². The van der Waals surface area contributed by atoms with Gasteiger partial charge in [-0.3, -0.25) is 0 Å². The Morgan fingerprint density at radius 2 is 1.04 bits per heavy atom. The van der Waals surface area contributed by atoms with E-state index in [9.17, 15) is 0 Å². The Balaban J connectivity index is 1.50. The lowest BCUT2D eigenvalue weighted by Crippen LogP contribution is -2.56. The molecule has 0 amide bonds. The van der Waals surface area contributed by atoms with Gasteiger partial charge in [0, 0.05) is 52.2 Å². The number of hydrazine groups is 1. The molecule has 0 aromatic heterocycles.